The molecule has 0 saturated carbocycles. The lowest BCUT2D eigenvalue weighted by Crippen LogP contribution is -2.63. The minimum atomic E-state index is -0.288. The zero-order valence-corrected chi connectivity index (χ0v) is 16.9. The quantitative estimate of drug-likeness (QED) is 0.809. The van der Waals surface area contributed by atoms with Crippen LogP contribution in [0.15, 0.2) is 42.7 Å². The highest BCUT2D eigenvalue weighted by molar-refractivity contribution is 5.50. The number of methoxy groups -OCH3 is 1. The Balaban J connectivity index is 1.34. The van der Waals surface area contributed by atoms with Gasteiger partial charge in [-0.25, -0.2) is 0 Å². The SMILES string of the molecule is COc1cccc2c1OC(C)(C)[C@H]1CC3(CO[C@H]21)CN(Cc1cccnc1)C3. The molecule has 28 heavy (non-hydrogen) atoms. The van der Waals surface area contributed by atoms with Gasteiger partial charge in [-0.3, -0.25) is 9.88 Å². The highest BCUT2D eigenvalue weighted by Crippen LogP contribution is 2.56. The summed E-state index contributed by atoms with van der Waals surface area (Å²) in [5.74, 6) is 1.97. The molecule has 1 aromatic carbocycles. The maximum atomic E-state index is 6.53. The number of para-hydroxylation sites is 1. The van der Waals surface area contributed by atoms with E-state index in [1.807, 2.05) is 30.6 Å². The molecule has 5 rings (SSSR count). The Hall–Kier alpha value is -2.11. The van der Waals surface area contributed by atoms with E-state index in [1.54, 1.807) is 7.11 Å². The first kappa shape index (κ1) is 18.0. The summed E-state index contributed by atoms with van der Waals surface area (Å²) in [6.45, 7) is 8.30. The predicted molar refractivity (Wildman–Crippen MR) is 106 cm³/mol. The third-order valence-electron chi connectivity index (χ3n) is 6.63. The average molecular weight is 380 g/mol. The Kier molecular flexibility index (Phi) is 4.14. The van der Waals surface area contributed by atoms with Crippen molar-refractivity contribution in [3.8, 4) is 11.5 Å². The monoisotopic (exact) mass is 380 g/mol. The third-order valence-corrected chi connectivity index (χ3v) is 6.63. The summed E-state index contributed by atoms with van der Waals surface area (Å²) in [6, 6.07) is 10.3. The zero-order chi connectivity index (χ0) is 19.4. The molecule has 0 N–H and O–H groups in total. The molecule has 148 valence electrons. The highest BCUT2D eigenvalue weighted by Gasteiger charge is 2.56. The molecule has 3 aliphatic heterocycles. The van der Waals surface area contributed by atoms with Crippen LogP contribution in [0.25, 0.3) is 0 Å². The average Bonchev–Trinajstić information content (AvgIpc) is 2.67. The molecule has 5 heteroatoms. The van der Waals surface area contributed by atoms with E-state index in [1.165, 1.54) is 5.56 Å². The lowest BCUT2D eigenvalue weighted by atomic mass is 9.64. The van der Waals surface area contributed by atoms with Crippen LogP contribution in [0.2, 0.25) is 0 Å². The molecular weight excluding hydrogens is 352 g/mol. The van der Waals surface area contributed by atoms with Crippen molar-refractivity contribution in [2.24, 2.45) is 11.3 Å². The molecule has 4 heterocycles. The second-order valence-electron chi connectivity index (χ2n) is 9.13. The van der Waals surface area contributed by atoms with Crippen LogP contribution in [-0.2, 0) is 11.3 Å². The Morgan fingerprint density at radius 2 is 2.07 bits per heavy atom. The van der Waals surface area contributed by atoms with Gasteiger partial charge in [-0.1, -0.05) is 18.2 Å². The van der Waals surface area contributed by atoms with Crippen LogP contribution in [0.5, 0.6) is 11.5 Å². The van der Waals surface area contributed by atoms with Gasteiger partial charge in [0.1, 0.15) is 5.60 Å². The van der Waals surface area contributed by atoms with Crippen LogP contribution in [0, 0.1) is 11.3 Å². The van der Waals surface area contributed by atoms with Crippen molar-refractivity contribution in [2.45, 2.75) is 38.5 Å². The summed E-state index contributed by atoms with van der Waals surface area (Å²) >= 11 is 0. The van der Waals surface area contributed by atoms with Gasteiger partial charge in [0.05, 0.1) is 19.8 Å². The number of benzene rings is 1. The summed E-state index contributed by atoms with van der Waals surface area (Å²) < 4.78 is 18.5. The van der Waals surface area contributed by atoms with Gasteiger partial charge in [0.2, 0.25) is 0 Å². The van der Waals surface area contributed by atoms with E-state index in [4.69, 9.17) is 14.2 Å². The Morgan fingerprint density at radius 1 is 1.21 bits per heavy atom. The minimum absolute atomic E-state index is 0.0758. The van der Waals surface area contributed by atoms with E-state index in [0.717, 1.165) is 49.7 Å². The molecule has 2 fully saturated rings. The van der Waals surface area contributed by atoms with Gasteiger partial charge >= 0.3 is 0 Å². The van der Waals surface area contributed by atoms with E-state index in [2.05, 4.69) is 35.9 Å². The van der Waals surface area contributed by atoms with E-state index in [0.29, 0.717) is 5.92 Å². The number of hydrogen-bond donors (Lipinski definition) is 0. The lowest BCUT2D eigenvalue weighted by molar-refractivity contribution is -0.200. The molecule has 0 unspecified atom stereocenters. The van der Waals surface area contributed by atoms with E-state index >= 15 is 0 Å². The molecule has 2 saturated heterocycles. The van der Waals surface area contributed by atoms with Crippen LogP contribution in [-0.4, -0.2) is 42.3 Å². The van der Waals surface area contributed by atoms with E-state index in [9.17, 15) is 0 Å². The standard InChI is InChI=1S/C23H28N2O3/c1-22(2)18-10-23(13-25(14-23)12-16-6-5-9-24-11-16)15-27-20(18)17-7-4-8-19(26-3)21(17)28-22/h4-9,11,18,20H,10,12-15H2,1-3H3/t18-,20+/m0/s1. The minimum Gasteiger partial charge on any atom is -0.493 e. The van der Waals surface area contributed by atoms with Gasteiger partial charge in [0.15, 0.2) is 11.5 Å². The summed E-state index contributed by atoms with van der Waals surface area (Å²) in [7, 11) is 1.69. The number of ether oxygens (including phenoxy) is 3. The lowest BCUT2D eigenvalue weighted by Gasteiger charge is -2.58. The number of fused-ring (bicyclic) bond motifs is 3. The fourth-order valence-electron chi connectivity index (χ4n) is 5.28. The van der Waals surface area contributed by atoms with Crippen molar-refractivity contribution in [1.29, 1.82) is 0 Å². The van der Waals surface area contributed by atoms with E-state index in [-0.39, 0.29) is 17.1 Å². The Labute approximate surface area is 166 Å². The normalized spacial score (nSPS) is 27.2. The Morgan fingerprint density at radius 3 is 2.82 bits per heavy atom. The molecule has 3 aliphatic rings. The molecular formula is C23H28N2O3. The molecule has 2 aromatic rings. The second kappa shape index (κ2) is 6.46. The van der Waals surface area contributed by atoms with Crippen molar-refractivity contribution in [3.63, 3.8) is 0 Å². The first-order chi connectivity index (χ1) is 13.5. The number of aromatic nitrogens is 1. The van der Waals surface area contributed by atoms with Crippen molar-refractivity contribution in [1.82, 2.24) is 9.88 Å². The van der Waals surface area contributed by atoms with Gasteiger partial charge in [-0.2, -0.15) is 0 Å². The van der Waals surface area contributed by atoms with Gasteiger partial charge in [0.25, 0.3) is 0 Å². The van der Waals surface area contributed by atoms with Crippen molar-refractivity contribution < 1.29 is 14.2 Å². The first-order valence-corrected chi connectivity index (χ1v) is 10.1. The smallest absolute Gasteiger partial charge is 0.167 e. The van der Waals surface area contributed by atoms with Crippen molar-refractivity contribution >= 4 is 0 Å². The predicted octanol–water partition coefficient (Wildman–Crippen LogP) is 3.84. The zero-order valence-electron chi connectivity index (χ0n) is 16.9. The fourth-order valence-corrected chi connectivity index (χ4v) is 5.28. The molecule has 1 spiro atoms. The second-order valence-corrected chi connectivity index (χ2v) is 9.13. The molecule has 0 aliphatic carbocycles. The maximum Gasteiger partial charge on any atom is 0.167 e. The van der Waals surface area contributed by atoms with Crippen LogP contribution in [0.1, 0.15) is 37.5 Å². The van der Waals surface area contributed by atoms with Crippen LogP contribution < -0.4 is 9.47 Å². The molecule has 5 nitrogen and oxygen atoms in total. The van der Waals surface area contributed by atoms with Gasteiger partial charge < -0.3 is 14.2 Å². The van der Waals surface area contributed by atoms with Gasteiger partial charge in [0, 0.05) is 48.9 Å². The summed E-state index contributed by atoms with van der Waals surface area (Å²) in [4.78, 5) is 6.72. The molecule has 0 bridgehead atoms. The van der Waals surface area contributed by atoms with Gasteiger partial charge in [-0.05, 0) is 38.0 Å². The number of nitrogens with zero attached hydrogens (tertiary/aromatic N) is 2. The van der Waals surface area contributed by atoms with Gasteiger partial charge in [-0.15, -0.1) is 0 Å². The molecule has 0 amide bonds. The summed E-state index contributed by atoms with van der Waals surface area (Å²) in [5.41, 5.74) is 2.35. The number of likely N-dealkylation sites (tertiary alicyclic amines) is 1. The number of hydrogen-bond acceptors (Lipinski definition) is 5. The maximum absolute atomic E-state index is 6.53. The number of rotatable bonds is 3. The Bertz CT molecular complexity index is 861. The fraction of sp³-hybridized carbons (Fsp3) is 0.522. The molecule has 1 aromatic heterocycles. The summed E-state index contributed by atoms with van der Waals surface area (Å²) in [6.07, 6.45) is 4.99. The van der Waals surface area contributed by atoms with Crippen LogP contribution in [0.3, 0.4) is 0 Å². The molecule has 0 radical (unpaired) electrons. The first-order valence-electron chi connectivity index (χ1n) is 10.1. The van der Waals surface area contributed by atoms with Crippen molar-refractivity contribution in [3.05, 3.63) is 53.9 Å². The van der Waals surface area contributed by atoms with Crippen molar-refractivity contribution in [2.75, 3.05) is 26.8 Å². The van der Waals surface area contributed by atoms with Crippen LogP contribution >= 0.6 is 0 Å². The topological polar surface area (TPSA) is 43.8 Å². The molecule has 2 atom stereocenters. The van der Waals surface area contributed by atoms with Crippen LogP contribution in [0.4, 0.5) is 0 Å². The highest BCUT2D eigenvalue weighted by atomic mass is 16.5. The third kappa shape index (κ3) is 2.88. The van der Waals surface area contributed by atoms with E-state index < -0.39 is 0 Å². The largest absolute Gasteiger partial charge is 0.493 e. The number of pyridine rings is 1. The summed E-state index contributed by atoms with van der Waals surface area (Å²) in [5, 5.41) is 0.